The van der Waals surface area contributed by atoms with E-state index >= 15 is 0 Å². The lowest BCUT2D eigenvalue weighted by atomic mass is 10.1. The number of carbonyl (C=O) groups is 1. The first-order valence-electron chi connectivity index (χ1n) is 8.38. The molecule has 1 aliphatic rings. The van der Waals surface area contributed by atoms with Gasteiger partial charge in [0.2, 0.25) is 0 Å². The van der Waals surface area contributed by atoms with Crippen LogP contribution in [0.4, 0.5) is 5.82 Å². The van der Waals surface area contributed by atoms with E-state index < -0.39 is 0 Å². The summed E-state index contributed by atoms with van der Waals surface area (Å²) in [7, 11) is 5.90. The number of anilines is 1. The Labute approximate surface area is 153 Å². The van der Waals surface area contributed by atoms with Crippen LogP contribution in [0.2, 0.25) is 5.02 Å². The normalized spacial score (nSPS) is 15.3. The lowest BCUT2D eigenvalue weighted by Crippen LogP contribution is -2.47. The van der Waals surface area contributed by atoms with E-state index in [1.54, 1.807) is 0 Å². The van der Waals surface area contributed by atoms with Gasteiger partial charge < -0.3 is 14.7 Å². The molecule has 25 heavy (non-hydrogen) atoms. The van der Waals surface area contributed by atoms with E-state index in [2.05, 4.69) is 11.9 Å². The molecule has 1 aromatic carbocycles. The second kappa shape index (κ2) is 7.42. The van der Waals surface area contributed by atoms with E-state index in [1.807, 2.05) is 60.3 Å². The Morgan fingerprint density at radius 3 is 2.28 bits per heavy atom. The maximum absolute atomic E-state index is 12.9. The lowest BCUT2D eigenvalue weighted by Gasteiger charge is -2.33. The molecule has 0 aliphatic carbocycles. The molecule has 2 aromatic rings. The van der Waals surface area contributed by atoms with Crippen molar-refractivity contribution >= 4 is 23.3 Å². The molecular weight excluding hydrogens is 336 g/mol. The van der Waals surface area contributed by atoms with Gasteiger partial charge in [0.05, 0.1) is 11.3 Å². The van der Waals surface area contributed by atoms with Gasteiger partial charge in [-0.05, 0) is 31.3 Å². The van der Waals surface area contributed by atoms with Crippen molar-refractivity contribution in [3.63, 3.8) is 0 Å². The Morgan fingerprint density at radius 2 is 1.68 bits per heavy atom. The molecule has 132 valence electrons. The number of hydrogen-bond acceptors (Lipinski definition) is 4. The second-order valence-corrected chi connectivity index (χ2v) is 7.00. The van der Waals surface area contributed by atoms with Crippen LogP contribution >= 0.6 is 11.6 Å². The fraction of sp³-hybridized carbons (Fsp3) is 0.368. The van der Waals surface area contributed by atoms with Crippen molar-refractivity contribution < 1.29 is 4.79 Å². The van der Waals surface area contributed by atoms with Crippen LogP contribution in [-0.4, -0.2) is 68.0 Å². The molecule has 2 heterocycles. The number of amides is 1. The van der Waals surface area contributed by atoms with E-state index in [9.17, 15) is 4.79 Å². The molecule has 6 heteroatoms. The second-order valence-electron chi connectivity index (χ2n) is 6.56. The van der Waals surface area contributed by atoms with Crippen LogP contribution in [0.1, 0.15) is 10.4 Å². The standard InChI is InChI=1S/C19H23ClN4O/c1-22(2)18-16(19(25)24-12-10-23(3)11-13-24)8-9-17(21-18)14-4-6-15(20)7-5-14/h4-9H,10-13H2,1-3H3. The van der Waals surface area contributed by atoms with Gasteiger partial charge >= 0.3 is 0 Å². The number of hydrogen-bond donors (Lipinski definition) is 0. The summed E-state index contributed by atoms with van der Waals surface area (Å²) < 4.78 is 0. The highest BCUT2D eigenvalue weighted by Crippen LogP contribution is 2.25. The molecule has 1 amide bonds. The molecule has 1 fully saturated rings. The van der Waals surface area contributed by atoms with E-state index in [1.165, 1.54) is 0 Å². The molecule has 1 aliphatic heterocycles. The minimum absolute atomic E-state index is 0.0481. The van der Waals surface area contributed by atoms with Crippen LogP contribution in [0.15, 0.2) is 36.4 Å². The van der Waals surface area contributed by atoms with Crippen LogP contribution in [0, 0.1) is 0 Å². The summed E-state index contributed by atoms with van der Waals surface area (Å²) in [5.41, 5.74) is 2.45. The largest absolute Gasteiger partial charge is 0.362 e. The van der Waals surface area contributed by atoms with E-state index in [0.29, 0.717) is 16.4 Å². The summed E-state index contributed by atoms with van der Waals surface area (Å²) in [6.45, 7) is 3.31. The molecule has 0 unspecified atom stereocenters. The van der Waals surface area contributed by atoms with E-state index in [0.717, 1.165) is 37.4 Å². The Morgan fingerprint density at radius 1 is 1.04 bits per heavy atom. The zero-order chi connectivity index (χ0) is 18.0. The predicted octanol–water partition coefficient (Wildman–Crippen LogP) is 2.86. The zero-order valence-electron chi connectivity index (χ0n) is 14.9. The van der Waals surface area contributed by atoms with Crippen LogP contribution in [0.3, 0.4) is 0 Å². The van der Waals surface area contributed by atoms with Crippen LogP contribution in [-0.2, 0) is 0 Å². The van der Waals surface area contributed by atoms with Gasteiger partial charge in [0.25, 0.3) is 5.91 Å². The molecular formula is C19H23ClN4O. The number of halogens is 1. The van der Waals surface area contributed by atoms with Gasteiger partial charge in [0.1, 0.15) is 5.82 Å². The minimum Gasteiger partial charge on any atom is -0.362 e. The van der Waals surface area contributed by atoms with Crippen molar-refractivity contribution in [2.24, 2.45) is 0 Å². The van der Waals surface area contributed by atoms with Gasteiger partial charge in [-0.3, -0.25) is 4.79 Å². The summed E-state index contributed by atoms with van der Waals surface area (Å²) in [5.74, 6) is 0.739. The van der Waals surface area contributed by atoms with Crippen LogP contribution in [0.5, 0.6) is 0 Å². The Balaban J connectivity index is 1.92. The average molecular weight is 359 g/mol. The Kier molecular flexibility index (Phi) is 5.25. The van der Waals surface area contributed by atoms with Gasteiger partial charge in [-0.2, -0.15) is 0 Å². The first-order valence-corrected chi connectivity index (χ1v) is 8.75. The Hall–Kier alpha value is -2.11. The molecule has 0 radical (unpaired) electrons. The van der Waals surface area contributed by atoms with Crippen molar-refractivity contribution in [1.82, 2.24) is 14.8 Å². The third-order valence-electron chi connectivity index (χ3n) is 4.46. The van der Waals surface area contributed by atoms with E-state index in [4.69, 9.17) is 16.6 Å². The lowest BCUT2D eigenvalue weighted by molar-refractivity contribution is 0.0664. The summed E-state index contributed by atoms with van der Waals surface area (Å²) in [5, 5.41) is 0.693. The first-order chi connectivity index (χ1) is 12.0. The van der Waals surface area contributed by atoms with Crippen molar-refractivity contribution in [3.8, 4) is 11.3 Å². The monoisotopic (exact) mass is 358 g/mol. The molecule has 0 spiro atoms. The highest BCUT2D eigenvalue weighted by atomic mass is 35.5. The van der Waals surface area contributed by atoms with Gasteiger partial charge in [-0.15, -0.1) is 0 Å². The van der Waals surface area contributed by atoms with Gasteiger partial charge in [-0.1, -0.05) is 23.7 Å². The molecule has 0 saturated carbocycles. The van der Waals surface area contributed by atoms with Crippen LogP contribution in [0.25, 0.3) is 11.3 Å². The van der Waals surface area contributed by atoms with Crippen molar-refractivity contribution in [3.05, 3.63) is 47.0 Å². The number of aromatic nitrogens is 1. The summed E-state index contributed by atoms with van der Waals surface area (Å²) in [6, 6.07) is 11.3. The molecule has 1 saturated heterocycles. The highest BCUT2D eigenvalue weighted by molar-refractivity contribution is 6.30. The summed E-state index contributed by atoms with van der Waals surface area (Å²) in [4.78, 5) is 23.7. The minimum atomic E-state index is 0.0481. The Bertz CT molecular complexity index is 753. The van der Waals surface area contributed by atoms with Gasteiger partial charge in [0.15, 0.2) is 0 Å². The SMILES string of the molecule is CN1CCN(C(=O)c2ccc(-c3ccc(Cl)cc3)nc2N(C)C)CC1. The zero-order valence-corrected chi connectivity index (χ0v) is 15.6. The molecule has 1 aromatic heterocycles. The van der Waals surface area contributed by atoms with Gasteiger partial charge in [-0.25, -0.2) is 4.98 Å². The fourth-order valence-corrected chi connectivity index (χ4v) is 3.04. The van der Waals surface area contributed by atoms with Crippen molar-refractivity contribution in [2.75, 3.05) is 52.2 Å². The number of piperazine rings is 1. The molecule has 5 nitrogen and oxygen atoms in total. The predicted molar refractivity (Wildman–Crippen MR) is 102 cm³/mol. The average Bonchev–Trinajstić information content (AvgIpc) is 2.62. The maximum Gasteiger partial charge on any atom is 0.257 e. The number of nitrogens with zero attached hydrogens (tertiary/aromatic N) is 4. The number of likely N-dealkylation sites (N-methyl/N-ethyl adjacent to an activating group) is 1. The summed E-state index contributed by atoms with van der Waals surface area (Å²) in [6.07, 6.45) is 0. The third kappa shape index (κ3) is 3.94. The summed E-state index contributed by atoms with van der Waals surface area (Å²) >= 11 is 5.96. The van der Waals surface area contributed by atoms with E-state index in [-0.39, 0.29) is 5.91 Å². The number of carbonyl (C=O) groups excluding carboxylic acids is 1. The molecule has 0 atom stereocenters. The number of benzene rings is 1. The van der Waals surface area contributed by atoms with Crippen LogP contribution < -0.4 is 4.90 Å². The molecule has 3 rings (SSSR count). The molecule has 0 N–H and O–H groups in total. The van der Waals surface area contributed by atoms with Crippen molar-refractivity contribution in [1.29, 1.82) is 0 Å². The number of rotatable bonds is 3. The topological polar surface area (TPSA) is 39.7 Å². The quantitative estimate of drug-likeness (QED) is 0.845. The third-order valence-corrected chi connectivity index (χ3v) is 4.71. The first kappa shape index (κ1) is 17.7. The molecule has 0 bridgehead atoms. The maximum atomic E-state index is 12.9. The number of pyridine rings is 1. The van der Waals surface area contributed by atoms with Gasteiger partial charge in [0, 0.05) is 50.9 Å². The van der Waals surface area contributed by atoms with Crippen molar-refractivity contribution in [2.45, 2.75) is 0 Å². The highest BCUT2D eigenvalue weighted by Gasteiger charge is 2.24. The fourth-order valence-electron chi connectivity index (χ4n) is 2.92. The smallest absolute Gasteiger partial charge is 0.257 e.